The quantitative estimate of drug-likeness (QED) is 0.699. The van der Waals surface area contributed by atoms with E-state index in [0.717, 1.165) is 4.68 Å². The Hall–Kier alpha value is -2.44. The summed E-state index contributed by atoms with van der Waals surface area (Å²) in [7, 11) is 0. The Bertz CT molecular complexity index is 543. The summed E-state index contributed by atoms with van der Waals surface area (Å²) in [6.07, 6.45) is 1.49. The molecule has 0 bridgehead atoms. The van der Waals surface area contributed by atoms with Crippen LogP contribution in [0.5, 0.6) is 0 Å². The van der Waals surface area contributed by atoms with E-state index in [4.69, 9.17) is 5.11 Å². The van der Waals surface area contributed by atoms with Crippen LogP contribution in [0.3, 0.4) is 0 Å². The van der Waals surface area contributed by atoms with E-state index >= 15 is 0 Å². The molecule has 2 heterocycles. The molecule has 0 aliphatic carbocycles. The molecule has 0 aliphatic rings. The van der Waals surface area contributed by atoms with Gasteiger partial charge in [0.25, 0.3) is 0 Å². The van der Waals surface area contributed by atoms with Gasteiger partial charge in [-0.2, -0.15) is 4.68 Å². The van der Waals surface area contributed by atoms with Gasteiger partial charge in [0.2, 0.25) is 5.69 Å². The third kappa shape index (κ3) is 1.50. The third-order valence-corrected chi connectivity index (χ3v) is 1.75. The number of carbonyl (C=O) groups is 1. The molecule has 0 amide bonds. The van der Waals surface area contributed by atoms with E-state index in [1.165, 1.54) is 6.20 Å². The lowest BCUT2D eigenvalue weighted by Crippen LogP contribution is -2.20. The van der Waals surface area contributed by atoms with E-state index in [2.05, 4.69) is 15.3 Å². The van der Waals surface area contributed by atoms with Crippen LogP contribution in [0.25, 0.3) is 5.82 Å². The minimum atomic E-state index is -1.37. The number of hydrogen-bond acceptors (Lipinski definition) is 4. The van der Waals surface area contributed by atoms with Gasteiger partial charge in [0.15, 0.2) is 5.82 Å². The lowest BCUT2D eigenvalue weighted by Gasteiger charge is -1.96. The van der Waals surface area contributed by atoms with Crippen LogP contribution in [0.2, 0.25) is 0 Å². The number of pyridine rings is 1. The minimum Gasteiger partial charge on any atom is -0.476 e. The van der Waals surface area contributed by atoms with E-state index < -0.39 is 17.2 Å². The first-order valence-electron chi connectivity index (χ1n) is 4.02. The predicted octanol–water partition coefficient (Wildman–Crippen LogP) is -0.346. The van der Waals surface area contributed by atoms with Crippen molar-refractivity contribution in [2.24, 2.45) is 0 Å². The number of aromatic carboxylic acids is 1. The fourth-order valence-corrected chi connectivity index (χ4v) is 1.08. The van der Waals surface area contributed by atoms with Crippen molar-refractivity contribution in [2.45, 2.75) is 0 Å². The van der Waals surface area contributed by atoms with Gasteiger partial charge in [-0.3, -0.25) is 4.79 Å². The normalized spacial score (nSPS) is 10.1. The summed E-state index contributed by atoms with van der Waals surface area (Å²) in [4.78, 5) is 25.9. The summed E-state index contributed by atoms with van der Waals surface area (Å²) in [6, 6.07) is 4.92. The van der Waals surface area contributed by atoms with Crippen molar-refractivity contribution in [1.82, 2.24) is 20.0 Å². The summed E-state index contributed by atoms with van der Waals surface area (Å²) < 4.78 is 0.962. The largest absolute Gasteiger partial charge is 0.476 e. The molecule has 2 rings (SSSR count). The van der Waals surface area contributed by atoms with E-state index in [1.807, 2.05) is 0 Å². The zero-order valence-electron chi connectivity index (χ0n) is 7.41. The van der Waals surface area contributed by atoms with Crippen molar-refractivity contribution in [1.29, 1.82) is 0 Å². The first-order chi connectivity index (χ1) is 7.20. The summed E-state index contributed by atoms with van der Waals surface area (Å²) in [5.74, 6) is -1.08. The molecule has 0 spiro atoms. The smallest absolute Gasteiger partial charge is 0.362 e. The number of nitrogens with one attached hydrogen (secondary N) is 1. The molecule has 0 fully saturated rings. The van der Waals surface area contributed by atoms with E-state index in [9.17, 15) is 9.59 Å². The Morgan fingerprint density at radius 2 is 2.27 bits per heavy atom. The second-order valence-corrected chi connectivity index (χ2v) is 2.69. The van der Waals surface area contributed by atoms with E-state index in [-0.39, 0.29) is 0 Å². The Kier molecular flexibility index (Phi) is 2.05. The second-order valence-electron chi connectivity index (χ2n) is 2.69. The lowest BCUT2D eigenvalue weighted by molar-refractivity contribution is 0.0689. The topological polar surface area (TPSA) is 101 Å². The summed E-state index contributed by atoms with van der Waals surface area (Å²) in [6.45, 7) is 0. The molecule has 15 heavy (non-hydrogen) atoms. The number of carboxylic acids is 1. The maximum absolute atomic E-state index is 11.5. The van der Waals surface area contributed by atoms with Gasteiger partial charge in [0.05, 0.1) is 0 Å². The average Bonchev–Trinajstić information content (AvgIpc) is 2.61. The molecule has 2 aromatic rings. The van der Waals surface area contributed by atoms with Crippen molar-refractivity contribution in [2.75, 3.05) is 0 Å². The molecule has 0 aliphatic heterocycles. The number of aromatic amines is 1. The number of hydrogen-bond donors (Lipinski definition) is 2. The lowest BCUT2D eigenvalue weighted by atomic mass is 10.4. The van der Waals surface area contributed by atoms with Gasteiger partial charge in [-0.05, 0) is 12.1 Å². The minimum absolute atomic E-state index is 0.294. The van der Waals surface area contributed by atoms with Crippen LogP contribution >= 0.6 is 0 Å². The highest BCUT2D eigenvalue weighted by Gasteiger charge is 2.16. The number of aromatic nitrogens is 4. The van der Waals surface area contributed by atoms with Gasteiger partial charge in [-0.15, -0.1) is 5.10 Å². The molecule has 0 saturated heterocycles. The van der Waals surface area contributed by atoms with Crippen molar-refractivity contribution >= 4 is 5.97 Å². The molecule has 7 nitrogen and oxygen atoms in total. The van der Waals surface area contributed by atoms with Gasteiger partial charge in [-0.1, -0.05) is 6.07 Å². The first kappa shape index (κ1) is 9.13. The zero-order valence-corrected chi connectivity index (χ0v) is 7.41. The SMILES string of the molecule is O=C(O)c1n[nH]n(-c2ccccn2)c1=O. The molecule has 7 heteroatoms. The van der Waals surface area contributed by atoms with Crippen LogP contribution in [0.15, 0.2) is 29.2 Å². The van der Waals surface area contributed by atoms with Crippen LogP contribution in [-0.2, 0) is 0 Å². The van der Waals surface area contributed by atoms with Crippen molar-refractivity contribution in [3.05, 3.63) is 40.4 Å². The number of nitrogens with zero attached hydrogens (tertiary/aromatic N) is 3. The molecule has 0 unspecified atom stereocenters. The molecule has 2 N–H and O–H groups in total. The maximum Gasteiger partial charge on any atom is 0.362 e. The van der Waals surface area contributed by atoms with E-state index in [0.29, 0.717) is 5.82 Å². The zero-order chi connectivity index (χ0) is 10.8. The third-order valence-electron chi connectivity index (χ3n) is 1.75. The monoisotopic (exact) mass is 206 g/mol. The van der Waals surface area contributed by atoms with Crippen LogP contribution in [0, 0.1) is 0 Å². The summed E-state index contributed by atoms with van der Waals surface area (Å²) >= 11 is 0. The van der Waals surface area contributed by atoms with Gasteiger partial charge >= 0.3 is 11.5 Å². The van der Waals surface area contributed by atoms with Crippen LogP contribution in [-0.4, -0.2) is 31.1 Å². The molecule has 0 atom stereocenters. The van der Waals surface area contributed by atoms with Crippen molar-refractivity contribution in [3.8, 4) is 5.82 Å². The highest BCUT2D eigenvalue weighted by molar-refractivity contribution is 5.84. The maximum atomic E-state index is 11.5. The van der Waals surface area contributed by atoms with Crippen LogP contribution in [0.1, 0.15) is 10.5 Å². The Balaban J connectivity index is 2.57. The Morgan fingerprint density at radius 1 is 1.47 bits per heavy atom. The van der Waals surface area contributed by atoms with E-state index in [1.54, 1.807) is 18.2 Å². The Labute approximate surface area is 83.0 Å². The summed E-state index contributed by atoms with van der Waals surface area (Å²) in [5, 5.41) is 14.3. The first-order valence-corrected chi connectivity index (χ1v) is 4.02. The number of rotatable bonds is 2. The molecule has 2 aromatic heterocycles. The van der Waals surface area contributed by atoms with Crippen molar-refractivity contribution < 1.29 is 9.90 Å². The molecular formula is C8H6N4O3. The standard InChI is InChI=1S/C8H6N4O3/c13-7-6(8(14)15)10-11-12(7)5-3-1-2-4-9-5/h1-4,11H,(H,14,15). The average molecular weight is 206 g/mol. The Morgan fingerprint density at radius 3 is 2.80 bits per heavy atom. The summed E-state index contributed by atoms with van der Waals surface area (Å²) in [5.41, 5.74) is -1.29. The highest BCUT2D eigenvalue weighted by Crippen LogP contribution is 1.96. The fraction of sp³-hybridized carbons (Fsp3) is 0. The predicted molar refractivity (Wildman–Crippen MR) is 48.9 cm³/mol. The van der Waals surface area contributed by atoms with Crippen LogP contribution < -0.4 is 5.56 Å². The molecular weight excluding hydrogens is 200 g/mol. The number of H-pyrrole nitrogens is 1. The second kappa shape index (κ2) is 3.37. The van der Waals surface area contributed by atoms with Gasteiger partial charge in [0, 0.05) is 6.20 Å². The van der Waals surface area contributed by atoms with Crippen LogP contribution in [0.4, 0.5) is 0 Å². The number of carboxylic acid groups (broad SMARTS) is 1. The van der Waals surface area contributed by atoms with Crippen molar-refractivity contribution in [3.63, 3.8) is 0 Å². The van der Waals surface area contributed by atoms with Gasteiger partial charge in [0.1, 0.15) is 0 Å². The molecule has 0 radical (unpaired) electrons. The van der Waals surface area contributed by atoms with Gasteiger partial charge in [-0.25, -0.2) is 15.0 Å². The molecule has 0 saturated carbocycles. The molecule has 76 valence electrons. The van der Waals surface area contributed by atoms with Gasteiger partial charge < -0.3 is 5.11 Å². The fourth-order valence-electron chi connectivity index (χ4n) is 1.08. The highest BCUT2D eigenvalue weighted by atomic mass is 16.4. The molecule has 0 aromatic carbocycles.